The van der Waals surface area contributed by atoms with E-state index in [0.29, 0.717) is 6.04 Å². The summed E-state index contributed by atoms with van der Waals surface area (Å²) in [4.78, 5) is 0. The van der Waals surface area contributed by atoms with E-state index in [1.54, 1.807) is 0 Å². The Morgan fingerprint density at radius 3 is 2.62 bits per heavy atom. The van der Waals surface area contributed by atoms with Crippen LogP contribution in [-0.4, -0.2) is 12.6 Å². The van der Waals surface area contributed by atoms with Crippen LogP contribution < -0.4 is 5.32 Å². The molecule has 1 aromatic carbocycles. The summed E-state index contributed by atoms with van der Waals surface area (Å²) in [6, 6.07) is 9.54. The van der Waals surface area contributed by atoms with Crippen LogP contribution in [0.1, 0.15) is 43.2 Å². The van der Waals surface area contributed by atoms with Crippen LogP contribution in [0.25, 0.3) is 6.08 Å². The van der Waals surface area contributed by atoms with E-state index in [1.165, 1.54) is 30.4 Å². The molecule has 0 spiro atoms. The predicted octanol–water partition coefficient (Wildman–Crippen LogP) is 3.58. The average molecular weight is 215 g/mol. The molecule has 0 amide bonds. The minimum atomic E-state index is 0.678. The maximum atomic E-state index is 3.79. The summed E-state index contributed by atoms with van der Waals surface area (Å²) in [6.07, 6.45) is 5.76. The van der Waals surface area contributed by atoms with Gasteiger partial charge in [0.25, 0.3) is 0 Å². The molecule has 2 rings (SSSR count). The van der Waals surface area contributed by atoms with Gasteiger partial charge in [-0.15, -0.1) is 0 Å². The number of rotatable bonds is 2. The van der Waals surface area contributed by atoms with Crippen molar-refractivity contribution in [2.75, 3.05) is 6.54 Å². The fourth-order valence-corrected chi connectivity index (χ4v) is 2.44. The van der Waals surface area contributed by atoms with Crippen LogP contribution in [0.3, 0.4) is 0 Å². The van der Waals surface area contributed by atoms with E-state index in [1.807, 2.05) is 6.08 Å². The molecule has 1 nitrogen and oxygen atoms in total. The van der Waals surface area contributed by atoms with Gasteiger partial charge in [-0.05, 0) is 49.8 Å². The lowest BCUT2D eigenvalue weighted by Crippen LogP contribution is -2.24. The summed E-state index contributed by atoms with van der Waals surface area (Å²) in [6.45, 7) is 7.22. The van der Waals surface area contributed by atoms with Gasteiger partial charge in [0.2, 0.25) is 0 Å². The van der Waals surface area contributed by atoms with Gasteiger partial charge in [0, 0.05) is 6.04 Å². The SMILES string of the molecule is C=Cc1ccc(C2CCNC(C)CC2)cc1. The minimum Gasteiger partial charge on any atom is -0.314 e. The highest BCUT2D eigenvalue weighted by Crippen LogP contribution is 2.27. The number of hydrogen-bond acceptors (Lipinski definition) is 1. The first-order chi connectivity index (χ1) is 7.79. The van der Waals surface area contributed by atoms with Crippen LogP contribution in [0.4, 0.5) is 0 Å². The summed E-state index contributed by atoms with van der Waals surface area (Å²) in [5.41, 5.74) is 2.70. The summed E-state index contributed by atoms with van der Waals surface area (Å²) >= 11 is 0. The molecule has 0 saturated carbocycles. The highest BCUT2D eigenvalue weighted by molar-refractivity contribution is 5.47. The van der Waals surface area contributed by atoms with Crippen LogP contribution in [0, 0.1) is 0 Å². The molecule has 1 heterocycles. The molecular formula is C15H21N. The first kappa shape index (κ1) is 11.4. The number of nitrogens with one attached hydrogen (secondary N) is 1. The van der Waals surface area contributed by atoms with E-state index >= 15 is 0 Å². The smallest absolute Gasteiger partial charge is 0.00389 e. The molecule has 1 aromatic rings. The van der Waals surface area contributed by atoms with Gasteiger partial charge in [0.15, 0.2) is 0 Å². The van der Waals surface area contributed by atoms with Crippen LogP contribution in [0.15, 0.2) is 30.8 Å². The van der Waals surface area contributed by atoms with E-state index in [-0.39, 0.29) is 0 Å². The maximum absolute atomic E-state index is 3.79. The van der Waals surface area contributed by atoms with Crippen LogP contribution in [-0.2, 0) is 0 Å². The molecule has 1 aliphatic rings. The third kappa shape index (κ3) is 2.73. The molecule has 0 aromatic heterocycles. The monoisotopic (exact) mass is 215 g/mol. The van der Waals surface area contributed by atoms with Crippen molar-refractivity contribution in [1.29, 1.82) is 0 Å². The zero-order chi connectivity index (χ0) is 11.4. The molecule has 1 N–H and O–H groups in total. The van der Waals surface area contributed by atoms with Crippen molar-refractivity contribution in [3.8, 4) is 0 Å². The molecule has 16 heavy (non-hydrogen) atoms. The van der Waals surface area contributed by atoms with E-state index in [9.17, 15) is 0 Å². The molecule has 0 bridgehead atoms. The standard InChI is InChI=1S/C15H21N/c1-3-13-5-8-14(9-6-13)15-7-4-12(2)16-11-10-15/h3,5-6,8-9,12,15-16H,1,4,7,10-11H2,2H3. The Bertz CT molecular complexity index is 339. The zero-order valence-electron chi connectivity index (χ0n) is 10.1. The van der Waals surface area contributed by atoms with E-state index in [0.717, 1.165) is 12.5 Å². The summed E-state index contributed by atoms with van der Waals surface area (Å²) < 4.78 is 0. The molecule has 1 heteroatoms. The average Bonchev–Trinajstić information content (AvgIpc) is 2.54. The molecule has 1 saturated heterocycles. The number of hydrogen-bond donors (Lipinski definition) is 1. The molecule has 1 aliphatic heterocycles. The van der Waals surface area contributed by atoms with Gasteiger partial charge in [-0.2, -0.15) is 0 Å². The predicted molar refractivity (Wildman–Crippen MR) is 70.6 cm³/mol. The third-order valence-corrected chi connectivity index (χ3v) is 3.58. The molecule has 1 fully saturated rings. The lowest BCUT2D eigenvalue weighted by molar-refractivity contribution is 0.546. The van der Waals surface area contributed by atoms with Gasteiger partial charge in [0.05, 0.1) is 0 Å². The zero-order valence-corrected chi connectivity index (χ0v) is 10.1. The molecule has 2 atom stereocenters. The van der Waals surface area contributed by atoms with Gasteiger partial charge in [-0.25, -0.2) is 0 Å². The van der Waals surface area contributed by atoms with E-state index in [4.69, 9.17) is 0 Å². The van der Waals surface area contributed by atoms with Gasteiger partial charge in [-0.3, -0.25) is 0 Å². The molecule has 0 aliphatic carbocycles. The summed E-state index contributed by atoms with van der Waals surface area (Å²) in [7, 11) is 0. The van der Waals surface area contributed by atoms with Crippen molar-refractivity contribution in [1.82, 2.24) is 5.32 Å². The Morgan fingerprint density at radius 2 is 1.94 bits per heavy atom. The van der Waals surface area contributed by atoms with Crippen molar-refractivity contribution in [3.63, 3.8) is 0 Å². The maximum Gasteiger partial charge on any atom is 0.00389 e. The topological polar surface area (TPSA) is 12.0 Å². The minimum absolute atomic E-state index is 0.678. The van der Waals surface area contributed by atoms with Gasteiger partial charge in [-0.1, -0.05) is 36.9 Å². The third-order valence-electron chi connectivity index (χ3n) is 3.58. The quantitative estimate of drug-likeness (QED) is 0.795. The fraction of sp³-hybridized carbons (Fsp3) is 0.467. The highest BCUT2D eigenvalue weighted by atomic mass is 14.9. The van der Waals surface area contributed by atoms with Crippen molar-refractivity contribution >= 4 is 6.08 Å². The molecular weight excluding hydrogens is 194 g/mol. The Hall–Kier alpha value is -1.08. The first-order valence-electron chi connectivity index (χ1n) is 6.25. The van der Waals surface area contributed by atoms with Crippen molar-refractivity contribution in [2.24, 2.45) is 0 Å². The van der Waals surface area contributed by atoms with Crippen molar-refractivity contribution < 1.29 is 0 Å². The van der Waals surface area contributed by atoms with Gasteiger partial charge >= 0.3 is 0 Å². The second-order valence-electron chi connectivity index (χ2n) is 4.79. The first-order valence-corrected chi connectivity index (χ1v) is 6.25. The molecule has 86 valence electrons. The highest BCUT2D eigenvalue weighted by Gasteiger charge is 2.16. The molecule has 0 radical (unpaired) electrons. The lowest BCUT2D eigenvalue weighted by atomic mass is 9.91. The van der Waals surface area contributed by atoms with E-state index < -0.39 is 0 Å². The largest absolute Gasteiger partial charge is 0.314 e. The van der Waals surface area contributed by atoms with Gasteiger partial charge in [0.1, 0.15) is 0 Å². The van der Waals surface area contributed by atoms with Crippen molar-refractivity contribution in [3.05, 3.63) is 42.0 Å². The Balaban J connectivity index is 2.07. The summed E-state index contributed by atoms with van der Waals surface area (Å²) in [5.74, 6) is 0.733. The van der Waals surface area contributed by atoms with Crippen LogP contribution in [0.5, 0.6) is 0 Å². The fourth-order valence-electron chi connectivity index (χ4n) is 2.44. The van der Waals surface area contributed by atoms with E-state index in [2.05, 4.69) is 43.1 Å². The Morgan fingerprint density at radius 1 is 1.19 bits per heavy atom. The summed E-state index contributed by atoms with van der Waals surface area (Å²) in [5, 5.41) is 3.55. The molecule has 2 unspecified atom stereocenters. The van der Waals surface area contributed by atoms with Crippen LogP contribution >= 0.6 is 0 Å². The van der Waals surface area contributed by atoms with Crippen LogP contribution in [0.2, 0.25) is 0 Å². The second-order valence-corrected chi connectivity index (χ2v) is 4.79. The van der Waals surface area contributed by atoms with Crippen molar-refractivity contribution in [2.45, 2.75) is 38.1 Å². The lowest BCUT2D eigenvalue weighted by Gasteiger charge is -2.14. The Kier molecular flexibility index (Phi) is 3.79. The number of benzene rings is 1. The second kappa shape index (κ2) is 5.31. The van der Waals surface area contributed by atoms with Gasteiger partial charge < -0.3 is 5.32 Å². The Labute approximate surface area is 98.6 Å². The normalized spacial score (nSPS) is 26.1.